The summed E-state index contributed by atoms with van der Waals surface area (Å²) in [6.45, 7) is 0. The van der Waals surface area contributed by atoms with Crippen molar-refractivity contribution in [3.8, 4) is 22.2 Å². The summed E-state index contributed by atoms with van der Waals surface area (Å²) < 4.78 is 7.27. The van der Waals surface area contributed by atoms with E-state index in [1.54, 1.807) is 22.1 Å². The normalized spacial score (nSPS) is 14.1. The molecule has 1 aliphatic carbocycles. The molecule has 1 aromatic carbocycles. The number of para-hydroxylation sites is 1. The number of hydrogen-bond acceptors (Lipinski definition) is 6. The molecule has 0 atom stereocenters. The second-order valence-electron chi connectivity index (χ2n) is 6.74. The molecule has 0 aliphatic heterocycles. The first kappa shape index (κ1) is 15.0. The SMILES string of the molecule is c1coc(-c2nnc3sc(-c4c5c(nc6ccccc46)CCCC5)nn23)c1. The average molecular weight is 373 g/mol. The Bertz CT molecular complexity index is 1280. The van der Waals surface area contributed by atoms with Gasteiger partial charge in [-0.25, -0.2) is 0 Å². The minimum Gasteiger partial charge on any atom is -0.461 e. The van der Waals surface area contributed by atoms with Crippen LogP contribution >= 0.6 is 11.3 Å². The Balaban J connectivity index is 1.64. The van der Waals surface area contributed by atoms with Gasteiger partial charge in [0.15, 0.2) is 5.76 Å². The summed E-state index contributed by atoms with van der Waals surface area (Å²) >= 11 is 1.56. The van der Waals surface area contributed by atoms with Gasteiger partial charge in [-0.1, -0.05) is 29.5 Å². The van der Waals surface area contributed by atoms with Crippen molar-refractivity contribution in [3.63, 3.8) is 0 Å². The summed E-state index contributed by atoms with van der Waals surface area (Å²) in [5.74, 6) is 1.30. The molecule has 0 unspecified atom stereocenters. The number of rotatable bonds is 2. The Labute approximate surface area is 158 Å². The van der Waals surface area contributed by atoms with Gasteiger partial charge in [-0.15, -0.1) is 10.2 Å². The lowest BCUT2D eigenvalue weighted by Gasteiger charge is -2.19. The van der Waals surface area contributed by atoms with Crippen LogP contribution in [0.2, 0.25) is 0 Å². The van der Waals surface area contributed by atoms with Crippen molar-refractivity contribution in [1.29, 1.82) is 0 Å². The maximum Gasteiger partial charge on any atom is 0.235 e. The van der Waals surface area contributed by atoms with Crippen molar-refractivity contribution < 1.29 is 4.42 Å². The van der Waals surface area contributed by atoms with Crippen LogP contribution in [0.3, 0.4) is 0 Å². The largest absolute Gasteiger partial charge is 0.461 e. The summed E-state index contributed by atoms with van der Waals surface area (Å²) in [6.07, 6.45) is 6.12. The Morgan fingerprint density at radius 3 is 2.85 bits per heavy atom. The molecule has 4 heterocycles. The molecule has 0 saturated heterocycles. The van der Waals surface area contributed by atoms with Crippen LogP contribution in [-0.2, 0) is 12.8 Å². The average Bonchev–Trinajstić information content (AvgIpc) is 3.43. The molecule has 0 fully saturated rings. The molecule has 6 rings (SSSR count). The zero-order valence-corrected chi connectivity index (χ0v) is 15.2. The van der Waals surface area contributed by atoms with Gasteiger partial charge in [0, 0.05) is 16.6 Å². The van der Waals surface area contributed by atoms with Crippen molar-refractivity contribution in [2.24, 2.45) is 0 Å². The predicted octanol–water partition coefficient (Wildman–Crippen LogP) is 4.54. The molecule has 6 nitrogen and oxygen atoms in total. The number of aromatic nitrogens is 5. The Hall–Kier alpha value is -3.06. The fourth-order valence-corrected chi connectivity index (χ4v) is 4.82. The maximum absolute atomic E-state index is 5.49. The number of pyridine rings is 1. The minimum atomic E-state index is 0.629. The molecule has 132 valence electrons. The fraction of sp³-hybridized carbons (Fsp3) is 0.200. The van der Waals surface area contributed by atoms with E-state index in [-0.39, 0.29) is 0 Å². The van der Waals surface area contributed by atoms with Gasteiger partial charge in [-0.2, -0.15) is 9.61 Å². The van der Waals surface area contributed by atoms with Crippen molar-refractivity contribution in [2.45, 2.75) is 25.7 Å². The predicted molar refractivity (Wildman–Crippen MR) is 104 cm³/mol. The van der Waals surface area contributed by atoms with Gasteiger partial charge < -0.3 is 4.42 Å². The topological polar surface area (TPSA) is 69.1 Å². The lowest BCUT2D eigenvalue weighted by atomic mass is 9.90. The molecule has 0 amide bonds. The number of aryl methyl sites for hydroxylation is 1. The molecule has 0 spiro atoms. The van der Waals surface area contributed by atoms with Crippen LogP contribution in [0.25, 0.3) is 38.0 Å². The van der Waals surface area contributed by atoms with Crippen LogP contribution in [0.1, 0.15) is 24.1 Å². The summed E-state index contributed by atoms with van der Waals surface area (Å²) in [5.41, 5.74) is 4.79. The molecule has 0 bridgehead atoms. The molecule has 5 aromatic rings. The summed E-state index contributed by atoms with van der Waals surface area (Å²) in [7, 11) is 0. The molecular formula is C20H15N5OS. The van der Waals surface area contributed by atoms with Crippen molar-refractivity contribution in [3.05, 3.63) is 53.9 Å². The van der Waals surface area contributed by atoms with Crippen LogP contribution in [0.4, 0.5) is 0 Å². The highest BCUT2D eigenvalue weighted by atomic mass is 32.1. The zero-order chi connectivity index (χ0) is 17.8. The highest BCUT2D eigenvalue weighted by molar-refractivity contribution is 7.20. The van der Waals surface area contributed by atoms with Crippen LogP contribution in [-0.4, -0.2) is 24.8 Å². The monoisotopic (exact) mass is 373 g/mol. The van der Waals surface area contributed by atoms with Gasteiger partial charge in [-0.05, 0) is 49.4 Å². The molecular weight excluding hydrogens is 358 g/mol. The zero-order valence-electron chi connectivity index (χ0n) is 14.4. The van der Waals surface area contributed by atoms with Crippen molar-refractivity contribution >= 4 is 27.2 Å². The fourth-order valence-electron chi connectivity index (χ4n) is 3.89. The van der Waals surface area contributed by atoms with Gasteiger partial charge in [0.05, 0.1) is 11.8 Å². The highest BCUT2D eigenvalue weighted by Crippen LogP contribution is 2.38. The molecule has 0 N–H and O–H groups in total. The van der Waals surface area contributed by atoms with Crippen LogP contribution in [0.15, 0.2) is 47.1 Å². The van der Waals surface area contributed by atoms with Gasteiger partial charge in [0.25, 0.3) is 0 Å². The van der Waals surface area contributed by atoms with E-state index in [1.165, 1.54) is 29.7 Å². The smallest absolute Gasteiger partial charge is 0.235 e. The van der Waals surface area contributed by atoms with E-state index in [2.05, 4.69) is 28.4 Å². The van der Waals surface area contributed by atoms with E-state index in [0.717, 1.165) is 33.7 Å². The number of nitrogens with zero attached hydrogens (tertiary/aromatic N) is 5. The first-order valence-electron chi connectivity index (χ1n) is 9.05. The lowest BCUT2D eigenvalue weighted by Crippen LogP contribution is -2.08. The van der Waals surface area contributed by atoms with E-state index in [1.807, 2.05) is 18.2 Å². The number of fused-ring (bicyclic) bond motifs is 3. The van der Waals surface area contributed by atoms with Gasteiger partial charge in [-0.3, -0.25) is 4.98 Å². The van der Waals surface area contributed by atoms with E-state index < -0.39 is 0 Å². The highest BCUT2D eigenvalue weighted by Gasteiger charge is 2.23. The quantitative estimate of drug-likeness (QED) is 0.454. The third kappa shape index (κ3) is 2.24. The maximum atomic E-state index is 5.49. The Morgan fingerprint density at radius 1 is 1.00 bits per heavy atom. The molecule has 1 aliphatic rings. The van der Waals surface area contributed by atoms with Gasteiger partial charge in [0.2, 0.25) is 10.8 Å². The molecule has 0 radical (unpaired) electrons. The Morgan fingerprint density at radius 2 is 1.93 bits per heavy atom. The first-order valence-corrected chi connectivity index (χ1v) is 9.87. The van der Waals surface area contributed by atoms with E-state index in [0.29, 0.717) is 11.6 Å². The van der Waals surface area contributed by atoms with Gasteiger partial charge in [0.1, 0.15) is 5.01 Å². The standard InChI is InChI=1S/C20H15N5OS/c1-3-8-14-12(6-1)17(13-7-2-4-9-15(13)21-14)19-24-25-18(16-10-5-11-26-16)22-23-20(25)27-19/h1,3,5-6,8,10-11H,2,4,7,9H2. The van der Waals surface area contributed by atoms with Crippen LogP contribution < -0.4 is 0 Å². The van der Waals surface area contributed by atoms with Crippen molar-refractivity contribution in [2.75, 3.05) is 0 Å². The minimum absolute atomic E-state index is 0.629. The number of hydrogen-bond donors (Lipinski definition) is 0. The molecule has 4 aromatic heterocycles. The summed E-state index contributed by atoms with van der Waals surface area (Å²) in [4.78, 5) is 5.69. The summed E-state index contributed by atoms with van der Waals surface area (Å²) in [6, 6.07) is 12.1. The number of furan rings is 1. The van der Waals surface area contributed by atoms with Crippen LogP contribution in [0.5, 0.6) is 0 Å². The van der Waals surface area contributed by atoms with E-state index in [9.17, 15) is 0 Å². The third-order valence-corrected chi connectivity index (χ3v) is 6.03. The van der Waals surface area contributed by atoms with Gasteiger partial charge >= 0.3 is 0 Å². The second-order valence-corrected chi connectivity index (χ2v) is 7.69. The molecule has 27 heavy (non-hydrogen) atoms. The van der Waals surface area contributed by atoms with E-state index >= 15 is 0 Å². The van der Waals surface area contributed by atoms with E-state index in [4.69, 9.17) is 14.5 Å². The molecule has 7 heteroatoms. The summed E-state index contributed by atoms with van der Waals surface area (Å²) in [5, 5.41) is 15.5. The lowest BCUT2D eigenvalue weighted by molar-refractivity contribution is 0.575. The second kappa shape index (κ2) is 5.72. The first-order chi connectivity index (χ1) is 13.4. The number of benzene rings is 1. The van der Waals surface area contributed by atoms with Crippen LogP contribution in [0, 0.1) is 0 Å². The molecule has 0 saturated carbocycles. The Kier molecular flexibility index (Phi) is 3.19. The third-order valence-electron chi connectivity index (χ3n) is 5.12. The van der Waals surface area contributed by atoms with Crippen molar-refractivity contribution in [1.82, 2.24) is 24.8 Å².